The van der Waals surface area contributed by atoms with Crippen LogP contribution in [0.2, 0.25) is 0 Å². The van der Waals surface area contributed by atoms with Crippen LogP contribution in [0.25, 0.3) is 0 Å². The van der Waals surface area contributed by atoms with Gasteiger partial charge in [-0.2, -0.15) is 87.8 Å². The molecule has 4 nitrogen and oxygen atoms in total. The minimum absolute atomic E-state index is 0.284. The Morgan fingerprint density at radius 1 is 0.577 bits per heavy atom. The monoisotopic (exact) mass is 851 g/mol. The molecule has 0 aromatic heterocycles. The number of hydrogen-bond donors (Lipinski definition) is 2. The zero-order valence-electron chi connectivity index (χ0n) is 25.9. The summed E-state index contributed by atoms with van der Waals surface area (Å²) in [6.07, 6.45) is -16.7. The van der Waals surface area contributed by atoms with E-state index in [1.165, 1.54) is 0 Å². The van der Waals surface area contributed by atoms with Gasteiger partial charge < -0.3 is 9.79 Å². The van der Waals surface area contributed by atoms with Crippen molar-refractivity contribution in [2.45, 2.75) is 130 Å². The Hall–Kier alpha value is -1.57. The van der Waals surface area contributed by atoms with Gasteiger partial charge in [-0.25, -0.2) is 17.6 Å². The van der Waals surface area contributed by atoms with E-state index >= 15 is 0 Å². The molecule has 52 heavy (non-hydrogen) atoms. The van der Waals surface area contributed by atoms with Crippen LogP contribution in [-0.2, 0) is 4.57 Å². The van der Waals surface area contributed by atoms with E-state index in [9.17, 15) is 105 Å². The van der Waals surface area contributed by atoms with Gasteiger partial charge in [0.1, 0.15) is 0 Å². The Morgan fingerprint density at radius 3 is 1.15 bits per heavy atom. The topological polar surface area (TPSA) is 60.8 Å². The number of likely N-dealkylation sites (tertiary alicyclic amines) is 1. The van der Waals surface area contributed by atoms with Crippen LogP contribution in [0.15, 0.2) is 0 Å². The summed E-state index contributed by atoms with van der Waals surface area (Å²) in [5.74, 6) is -78.1. The van der Waals surface area contributed by atoms with Crippen LogP contribution in [-0.4, -0.2) is 104 Å². The minimum Gasteiger partial charge on any atom is -0.326 e. The van der Waals surface area contributed by atoms with Gasteiger partial charge in [-0.1, -0.05) is 0 Å². The molecule has 1 saturated heterocycles. The van der Waals surface area contributed by atoms with Crippen molar-refractivity contribution in [2.75, 3.05) is 6.54 Å². The van der Waals surface area contributed by atoms with E-state index in [1.54, 1.807) is 0 Å². The molecule has 1 unspecified atom stereocenters. The molecule has 1 aliphatic heterocycles. The molecule has 29 heteroatoms. The summed E-state index contributed by atoms with van der Waals surface area (Å²) in [6, 6.07) is 0. The highest BCUT2D eigenvalue weighted by Gasteiger charge is 2.89. The first-order valence-corrected chi connectivity index (χ1v) is 14.6. The molecule has 1 atom stereocenters. The molecular weight excluding hydrogens is 825 g/mol. The molecule has 1 heterocycles. The summed E-state index contributed by atoms with van der Waals surface area (Å²) >= 11 is 0. The Balaban J connectivity index is 0.00000615. The van der Waals surface area contributed by atoms with Crippen molar-refractivity contribution in [2.24, 2.45) is 5.92 Å². The SMILES string of the molecule is CC1(C)CCC(CC(F)(F)C(F)(F)C(F)(F)C(F)(F)C(F)(F)C(F)F)C(C)(C)N1CC(F)(F)C(F)(F)C(F)(F)C(F)(F)C(F)(F)C(F)F.O=[PH](O)O. The van der Waals surface area contributed by atoms with Crippen molar-refractivity contribution >= 4 is 8.25 Å². The highest BCUT2D eigenvalue weighted by Crippen LogP contribution is 2.62. The van der Waals surface area contributed by atoms with Crippen LogP contribution in [0.5, 0.6) is 0 Å². The van der Waals surface area contributed by atoms with E-state index in [0.29, 0.717) is 27.7 Å². The van der Waals surface area contributed by atoms with Crippen molar-refractivity contribution in [3.05, 3.63) is 0 Å². The van der Waals surface area contributed by atoms with E-state index < -0.39 is 123 Å². The zero-order valence-corrected chi connectivity index (χ0v) is 26.9. The van der Waals surface area contributed by atoms with Gasteiger partial charge in [0.25, 0.3) is 0 Å². The molecule has 1 fully saturated rings. The minimum atomic E-state index is -8.03. The first-order valence-electron chi connectivity index (χ1n) is 13.3. The Kier molecular flexibility index (Phi) is 14.1. The molecular formula is C23H26F24NO3P. The van der Waals surface area contributed by atoms with E-state index in [0.717, 1.165) is 0 Å². The molecule has 0 aromatic rings. The van der Waals surface area contributed by atoms with Gasteiger partial charge in [-0.3, -0.25) is 9.46 Å². The van der Waals surface area contributed by atoms with Crippen molar-refractivity contribution < 1.29 is 120 Å². The quantitative estimate of drug-likeness (QED) is 0.135. The molecule has 1 aliphatic rings. The maximum Gasteiger partial charge on any atom is 0.384 e. The lowest BCUT2D eigenvalue weighted by Crippen LogP contribution is -2.73. The van der Waals surface area contributed by atoms with E-state index in [2.05, 4.69) is 0 Å². The molecule has 0 amide bonds. The number of alkyl halides is 24. The van der Waals surface area contributed by atoms with Crippen molar-refractivity contribution in [3.63, 3.8) is 0 Å². The smallest absolute Gasteiger partial charge is 0.326 e. The van der Waals surface area contributed by atoms with E-state index in [-0.39, 0.29) is 4.90 Å². The van der Waals surface area contributed by atoms with Crippen molar-refractivity contribution in [1.82, 2.24) is 4.90 Å². The fourth-order valence-corrected chi connectivity index (χ4v) is 5.07. The summed E-state index contributed by atoms with van der Waals surface area (Å²) in [7, 11) is -3.13. The molecule has 0 spiro atoms. The normalized spacial score (nSPS) is 20.8. The second-order valence-corrected chi connectivity index (χ2v) is 13.0. The van der Waals surface area contributed by atoms with Gasteiger partial charge >= 0.3 is 80.3 Å². The maximum absolute atomic E-state index is 14.8. The van der Waals surface area contributed by atoms with Gasteiger partial charge in [-0.15, -0.1) is 0 Å². The second-order valence-electron chi connectivity index (χ2n) is 12.5. The third-order valence-electron chi connectivity index (χ3n) is 8.27. The van der Waals surface area contributed by atoms with Crippen LogP contribution in [0.4, 0.5) is 105 Å². The second kappa shape index (κ2) is 14.5. The molecule has 0 bridgehead atoms. The van der Waals surface area contributed by atoms with Gasteiger partial charge in [0, 0.05) is 17.5 Å². The number of piperidine rings is 1. The zero-order chi connectivity index (χ0) is 42.7. The molecule has 0 aliphatic carbocycles. The predicted octanol–water partition coefficient (Wildman–Crippen LogP) is 9.89. The van der Waals surface area contributed by atoms with E-state index in [1.807, 2.05) is 0 Å². The molecule has 1 rings (SSSR count). The average molecular weight is 851 g/mol. The van der Waals surface area contributed by atoms with Crippen LogP contribution in [0, 0.1) is 5.92 Å². The van der Waals surface area contributed by atoms with Crippen LogP contribution in [0.1, 0.15) is 47.0 Å². The van der Waals surface area contributed by atoms with Gasteiger partial charge in [0.15, 0.2) is 0 Å². The highest BCUT2D eigenvalue weighted by molar-refractivity contribution is 7.30. The number of nitrogens with zero attached hydrogens (tertiary/aromatic N) is 1. The molecule has 314 valence electrons. The maximum atomic E-state index is 14.8. The largest absolute Gasteiger partial charge is 0.384 e. The van der Waals surface area contributed by atoms with Crippen LogP contribution < -0.4 is 0 Å². The third-order valence-corrected chi connectivity index (χ3v) is 8.27. The summed E-state index contributed by atoms with van der Waals surface area (Å²) in [4.78, 5) is 14.0. The number of hydrogen-bond acceptors (Lipinski definition) is 2. The van der Waals surface area contributed by atoms with Gasteiger partial charge in [0.05, 0.1) is 6.54 Å². The third kappa shape index (κ3) is 8.04. The van der Waals surface area contributed by atoms with Gasteiger partial charge in [-0.05, 0) is 46.5 Å². The molecule has 0 aromatic carbocycles. The first-order chi connectivity index (χ1) is 22.3. The first kappa shape index (κ1) is 50.4. The lowest BCUT2D eigenvalue weighted by Gasteiger charge is -2.58. The Bertz CT molecular complexity index is 1250. The van der Waals surface area contributed by atoms with Crippen LogP contribution in [0.3, 0.4) is 0 Å². The molecule has 0 radical (unpaired) electrons. The number of halogens is 24. The summed E-state index contributed by atoms with van der Waals surface area (Å²) < 4.78 is 337. The van der Waals surface area contributed by atoms with Crippen molar-refractivity contribution in [3.8, 4) is 0 Å². The fourth-order valence-electron chi connectivity index (χ4n) is 5.07. The highest BCUT2D eigenvalue weighted by atomic mass is 31.1. The summed E-state index contributed by atoms with van der Waals surface area (Å²) in [5, 5.41) is 0. The predicted molar refractivity (Wildman–Crippen MR) is 127 cm³/mol. The summed E-state index contributed by atoms with van der Waals surface area (Å²) in [6.45, 7) is -1.01. The van der Waals surface area contributed by atoms with Crippen LogP contribution >= 0.6 is 8.25 Å². The van der Waals surface area contributed by atoms with Gasteiger partial charge in [0.2, 0.25) is 0 Å². The average Bonchev–Trinajstić information content (AvgIpc) is 2.91. The standard InChI is InChI=1S/C23H23F24N.H3O3P/c1-12(2)6-5-9(7-14(28,29)18(36,37)22(44,45)20(40,41)16(32,33)10(24)25)13(3,4)48(12)8-15(30,31)19(38,39)23(46,47)21(42,43)17(34,35)11(26)27;1-4(2)3/h9-11H,5-8H2,1-4H3;4H,(H2,1,2,3). The fraction of sp³-hybridized carbons (Fsp3) is 1.00. The lowest BCUT2D eigenvalue weighted by molar-refractivity contribution is -0.416. The number of rotatable bonds is 14. The Labute approximate surface area is 276 Å². The van der Waals surface area contributed by atoms with E-state index in [4.69, 9.17) is 14.4 Å². The lowest BCUT2D eigenvalue weighted by atomic mass is 9.69. The molecule has 0 saturated carbocycles. The Morgan fingerprint density at radius 2 is 0.865 bits per heavy atom. The summed E-state index contributed by atoms with van der Waals surface area (Å²) in [5.41, 5.74) is -5.17. The molecule has 2 N–H and O–H groups in total. The van der Waals surface area contributed by atoms with Crippen molar-refractivity contribution in [1.29, 1.82) is 0 Å².